The van der Waals surface area contributed by atoms with Gasteiger partial charge in [0, 0.05) is 347 Å². The fourth-order valence-corrected chi connectivity index (χ4v) is 4.62. The molecule has 0 bridgehead atoms. The molecule has 0 fully saturated rings. The van der Waals surface area contributed by atoms with Gasteiger partial charge in [-0.15, -0.1) is 0 Å². The zero-order valence-electron chi connectivity index (χ0n) is 59.0. The topological polar surface area (TPSA) is 223 Å². The SMILES string of the molecule is CC(C)C(O)CN(C)C.CCN(C)CC(O)C(C)(C)C.CCN(C)CC(O)C(C)C.CCNCC(O)C(C)(C)C.CCNCC(O)C(C)C.CN(C)CC(O)C(C)(C)C.CNCC(O)C(C)(C)C.CNCC(O)C(C)C.[Tm].[Tm].[Tm].[Tm].[Tm].[Tm].[Tm].[Tm]. The molecule has 16 nitrogen and oxygen atoms in total. The van der Waals surface area contributed by atoms with E-state index in [-0.39, 0.29) is 365 Å². The van der Waals surface area contributed by atoms with Gasteiger partial charge in [-0.2, -0.15) is 0 Å². The average Bonchev–Trinajstić information content (AvgIpc) is 3.27. The molecular formula is C60H144N8O8Tm8. The monoisotopic (exact) mass is 2460 g/mol. The molecule has 24 heteroatoms. The molecule has 0 aliphatic rings. The standard InChI is InChI=1S/C9H21NO.3C8H19NO.3C7H17NO.C6H15NO.8Tm/c1-6-10(5)7-8(11)9(2,3)4;1-8(2,3)7(10)6-9(4)5;1-5-9-6-7(10)8(2,3)4;1-5-9(4)6-8(10)7(2)3;1-7(2,3)6(9)5-8-4;1-6(2)7(9)5-8(3)4;1-4-8-5-7(9)6(2)3;1-5(2)6(8)4-7-3;;;;;;;;/h8,11H,6-7H2,1-5H3;7,10H,6H2,1-5H3;7,9-10H,5-6H2,1-4H3;7-8,10H,5-6H2,1-4H3;6,8-9H,5H2,1-4H3;6-7,9H,5H2,1-4H3;6-9H,4-5H2,1-3H3;5-8H,4H2,1-3H3;;;;;;;;. The molecule has 84 heavy (non-hydrogen) atoms. The van der Waals surface area contributed by atoms with Crippen molar-refractivity contribution in [2.45, 2.75) is 215 Å². The predicted molar refractivity (Wildman–Crippen MR) is 334 cm³/mol. The summed E-state index contributed by atoms with van der Waals surface area (Å²) in [5, 5.41) is 86.8. The normalized spacial score (nSPS) is 13.7. The van der Waals surface area contributed by atoms with E-state index in [0.29, 0.717) is 49.9 Å². The third-order valence-corrected chi connectivity index (χ3v) is 12.2. The molecule has 8 atom stereocenters. The summed E-state index contributed by atoms with van der Waals surface area (Å²) in [7, 11) is 15.6. The third kappa shape index (κ3) is 107. The van der Waals surface area contributed by atoms with Crippen LogP contribution in [0.15, 0.2) is 0 Å². The third-order valence-electron chi connectivity index (χ3n) is 12.2. The van der Waals surface area contributed by atoms with Crippen LogP contribution in [0, 0.1) is 340 Å². The molecule has 8 radical (unpaired) electrons. The van der Waals surface area contributed by atoms with E-state index in [4.69, 9.17) is 5.11 Å². The maximum absolute atomic E-state index is 9.65. The Morgan fingerprint density at radius 1 is 0.310 bits per heavy atom. The van der Waals surface area contributed by atoms with Gasteiger partial charge in [-0.05, 0) is 128 Å². The van der Waals surface area contributed by atoms with Gasteiger partial charge < -0.3 is 81.7 Å². The van der Waals surface area contributed by atoms with Crippen LogP contribution in [0.5, 0.6) is 0 Å². The van der Waals surface area contributed by atoms with Gasteiger partial charge in [-0.25, -0.2) is 0 Å². The van der Waals surface area contributed by atoms with E-state index in [2.05, 4.69) is 65.7 Å². The second-order valence-electron chi connectivity index (χ2n) is 26.7. The molecule has 0 heterocycles. The number of aliphatic hydroxyl groups is 8. The van der Waals surface area contributed by atoms with Crippen molar-refractivity contribution in [2.24, 2.45) is 45.3 Å². The summed E-state index contributed by atoms with van der Waals surface area (Å²) in [6, 6.07) is 0. The van der Waals surface area contributed by atoms with Crippen LogP contribution < -0.4 is 21.3 Å². The maximum atomic E-state index is 9.65. The first-order chi connectivity index (χ1) is 34.1. The van der Waals surface area contributed by atoms with Gasteiger partial charge in [-0.3, -0.25) is 0 Å². The van der Waals surface area contributed by atoms with Crippen molar-refractivity contribution in [3.05, 3.63) is 0 Å². The van der Waals surface area contributed by atoms with E-state index in [0.717, 1.165) is 52.4 Å². The van der Waals surface area contributed by atoms with Crippen molar-refractivity contribution in [1.29, 1.82) is 0 Å². The van der Waals surface area contributed by atoms with Gasteiger partial charge in [0.05, 0.1) is 48.8 Å². The van der Waals surface area contributed by atoms with E-state index >= 15 is 0 Å². The van der Waals surface area contributed by atoms with Gasteiger partial charge in [0.25, 0.3) is 0 Å². The summed E-state index contributed by atoms with van der Waals surface area (Å²) in [4.78, 5) is 8.22. The molecule has 0 aliphatic heterocycles. The van der Waals surface area contributed by atoms with Gasteiger partial charge >= 0.3 is 0 Å². The quantitative estimate of drug-likeness (QED) is 0.0512. The predicted octanol–water partition coefficient (Wildman–Crippen LogP) is 6.27. The van der Waals surface area contributed by atoms with Crippen LogP contribution in [0.25, 0.3) is 0 Å². The molecule has 0 aromatic carbocycles. The van der Waals surface area contributed by atoms with Crippen LogP contribution in [0.4, 0.5) is 0 Å². The molecule has 0 saturated heterocycles. The Morgan fingerprint density at radius 3 is 0.738 bits per heavy atom. The van der Waals surface area contributed by atoms with Crippen molar-refractivity contribution in [1.82, 2.24) is 40.9 Å². The van der Waals surface area contributed by atoms with Crippen molar-refractivity contribution >= 4 is 0 Å². The molecule has 576 valence electrons. The molecular weight excluding hydrogens is 2310 g/mol. The largest absolute Gasteiger partial charge is 0.392 e. The number of likely N-dealkylation sites (N-methyl/N-ethyl adjacent to an activating group) is 8. The van der Waals surface area contributed by atoms with Gasteiger partial charge in [0.2, 0.25) is 0 Å². The Kier molecular flexibility index (Phi) is 129. The molecule has 0 aliphatic carbocycles. The zero-order valence-corrected chi connectivity index (χ0v) is 73.2. The molecule has 0 aromatic heterocycles. The number of aliphatic hydroxyl groups excluding tert-OH is 8. The molecule has 0 rings (SSSR count). The van der Waals surface area contributed by atoms with Gasteiger partial charge in [0.15, 0.2) is 0 Å². The summed E-state index contributed by atoms with van der Waals surface area (Å²) < 4.78 is 0. The fraction of sp³-hybridized carbons (Fsp3) is 1.00. The molecule has 0 saturated carbocycles. The Labute approximate surface area is 757 Å². The van der Waals surface area contributed by atoms with Crippen LogP contribution in [0.2, 0.25) is 0 Å². The Balaban J connectivity index is -0.0000000444. The second kappa shape index (κ2) is 81.2. The second-order valence-corrected chi connectivity index (χ2v) is 26.7. The van der Waals surface area contributed by atoms with Crippen molar-refractivity contribution in [3.8, 4) is 0 Å². The number of nitrogens with zero attached hydrogens (tertiary/aromatic N) is 4. The first kappa shape index (κ1) is 133. The number of nitrogens with one attached hydrogen (secondary N) is 4. The Morgan fingerprint density at radius 2 is 0.548 bits per heavy atom. The summed E-state index contributed by atoms with van der Waals surface area (Å²) >= 11 is 0. The summed E-state index contributed by atoms with van der Waals surface area (Å²) in [5.41, 5.74) is 0.0128. The van der Waals surface area contributed by atoms with E-state index in [1.165, 1.54) is 0 Å². The number of rotatable bonds is 24. The average molecular weight is 2460 g/mol. The van der Waals surface area contributed by atoms with E-state index in [1.54, 1.807) is 0 Å². The maximum Gasteiger partial charge on any atom is 0.0715 e. The Hall–Kier alpha value is 9.23. The summed E-state index contributed by atoms with van der Waals surface area (Å²) in [6.45, 7) is 58.6. The van der Waals surface area contributed by atoms with Crippen LogP contribution >= 0.6 is 0 Å². The smallest absolute Gasteiger partial charge is 0.0715 e. The fourth-order valence-electron chi connectivity index (χ4n) is 4.62. The van der Waals surface area contributed by atoms with E-state index in [9.17, 15) is 35.7 Å². The minimum absolute atomic E-state index is 0. The number of hydrogen-bond donors (Lipinski definition) is 12. The zero-order chi connectivity index (χ0) is 62.6. The van der Waals surface area contributed by atoms with E-state index in [1.807, 2.05) is 198 Å². The summed E-state index contributed by atoms with van der Waals surface area (Å²) in [5.74, 6) is 1.47. The minimum Gasteiger partial charge on any atom is -0.392 e. The van der Waals surface area contributed by atoms with Crippen molar-refractivity contribution in [3.63, 3.8) is 0 Å². The Bertz CT molecular complexity index is 1200. The summed E-state index contributed by atoms with van der Waals surface area (Å²) in [6.07, 6.45) is -1.69. The van der Waals surface area contributed by atoms with Crippen molar-refractivity contribution in [2.75, 3.05) is 135 Å². The molecule has 0 spiro atoms. The molecule has 12 N–H and O–H groups in total. The number of hydrogen-bond acceptors (Lipinski definition) is 16. The molecule has 0 amide bonds. The van der Waals surface area contributed by atoms with Crippen LogP contribution in [0.1, 0.15) is 166 Å². The van der Waals surface area contributed by atoms with E-state index < -0.39 is 0 Å². The van der Waals surface area contributed by atoms with Crippen LogP contribution in [0.3, 0.4) is 0 Å². The molecule has 8 unspecified atom stereocenters. The van der Waals surface area contributed by atoms with Crippen LogP contribution in [-0.4, -0.2) is 244 Å². The minimum atomic E-state index is -0.248. The van der Waals surface area contributed by atoms with Gasteiger partial charge in [-0.1, -0.05) is 166 Å². The first-order valence-corrected chi connectivity index (χ1v) is 29.0. The van der Waals surface area contributed by atoms with Gasteiger partial charge in [0.1, 0.15) is 0 Å². The van der Waals surface area contributed by atoms with Crippen LogP contribution in [-0.2, 0) is 0 Å². The molecule has 0 aromatic rings. The first-order valence-electron chi connectivity index (χ1n) is 29.0. The van der Waals surface area contributed by atoms with Crippen molar-refractivity contribution < 1.29 is 336 Å².